The monoisotopic (exact) mass is 253 g/mol. The Labute approximate surface area is 103 Å². The molecule has 7 heteroatoms. The van der Waals surface area contributed by atoms with Crippen molar-refractivity contribution < 1.29 is 0 Å². The summed E-state index contributed by atoms with van der Waals surface area (Å²) >= 11 is 5.89. The van der Waals surface area contributed by atoms with Crippen molar-refractivity contribution in [2.24, 2.45) is 7.05 Å². The Morgan fingerprint density at radius 3 is 3.00 bits per heavy atom. The average Bonchev–Trinajstić information content (AvgIpc) is 2.68. The third kappa shape index (κ3) is 2.47. The summed E-state index contributed by atoms with van der Waals surface area (Å²) in [5, 5.41) is 4.17. The van der Waals surface area contributed by atoms with Gasteiger partial charge in [-0.05, 0) is 0 Å². The molecule has 0 saturated heterocycles. The Kier molecular flexibility index (Phi) is 3.14. The van der Waals surface area contributed by atoms with Gasteiger partial charge in [0.25, 0.3) is 5.56 Å². The first-order valence-electron chi connectivity index (χ1n) is 5.00. The lowest BCUT2D eigenvalue weighted by Gasteiger charge is -2.17. The molecule has 0 spiro atoms. The molecule has 0 bridgehead atoms. The molecule has 0 unspecified atom stereocenters. The van der Waals surface area contributed by atoms with Gasteiger partial charge in [0.15, 0.2) is 5.82 Å². The van der Waals surface area contributed by atoms with E-state index >= 15 is 0 Å². The van der Waals surface area contributed by atoms with Crippen molar-refractivity contribution in [3.05, 3.63) is 39.7 Å². The number of anilines is 1. The number of hydrogen-bond acceptors (Lipinski definition) is 4. The molecule has 90 valence electrons. The van der Waals surface area contributed by atoms with Crippen LogP contribution in [0.15, 0.2) is 23.5 Å². The van der Waals surface area contributed by atoms with Crippen LogP contribution in [0.3, 0.4) is 0 Å². The van der Waals surface area contributed by atoms with Gasteiger partial charge in [-0.25, -0.2) is 4.98 Å². The molecule has 1 N–H and O–H groups in total. The highest BCUT2D eigenvalue weighted by atomic mass is 35.5. The summed E-state index contributed by atoms with van der Waals surface area (Å²) in [4.78, 5) is 19.6. The summed E-state index contributed by atoms with van der Waals surface area (Å²) in [6.07, 6.45) is 5.00. The summed E-state index contributed by atoms with van der Waals surface area (Å²) in [6.45, 7) is 0.587. The fraction of sp³-hybridized carbons (Fsp3) is 0.300. The van der Waals surface area contributed by atoms with Crippen molar-refractivity contribution in [2.75, 3.05) is 11.9 Å². The first kappa shape index (κ1) is 11.7. The van der Waals surface area contributed by atoms with Gasteiger partial charge in [0.2, 0.25) is 0 Å². The van der Waals surface area contributed by atoms with E-state index in [1.165, 1.54) is 6.33 Å². The average molecular weight is 254 g/mol. The molecule has 0 fully saturated rings. The van der Waals surface area contributed by atoms with Gasteiger partial charge in [-0.15, -0.1) is 0 Å². The van der Waals surface area contributed by atoms with Crippen molar-refractivity contribution in [3.63, 3.8) is 0 Å². The van der Waals surface area contributed by atoms with E-state index in [2.05, 4.69) is 15.1 Å². The summed E-state index contributed by atoms with van der Waals surface area (Å²) in [5.74, 6) is 0.458. The van der Waals surface area contributed by atoms with E-state index in [1.54, 1.807) is 15.8 Å². The zero-order valence-electron chi connectivity index (χ0n) is 9.51. The SMILES string of the molecule is CN(Cc1cnn(C)c1)c1nc[nH]c(=O)c1Cl. The van der Waals surface area contributed by atoms with Gasteiger partial charge in [-0.2, -0.15) is 5.10 Å². The standard InChI is InChI=1S/C10H12ClN5O/c1-15(4-7-3-14-16(2)5-7)9-8(11)10(17)13-6-12-9/h3,5-6H,4H2,1-2H3,(H,12,13,17). The van der Waals surface area contributed by atoms with Crippen LogP contribution in [0, 0.1) is 0 Å². The molecule has 0 atom stereocenters. The van der Waals surface area contributed by atoms with Crippen molar-refractivity contribution in [3.8, 4) is 0 Å². The first-order valence-corrected chi connectivity index (χ1v) is 5.37. The smallest absolute Gasteiger partial charge is 0.271 e. The zero-order valence-corrected chi connectivity index (χ0v) is 10.3. The number of rotatable bonds is 3. The lowest BCUT2D eigenvalue weighted by Crippen LogP contribution is -2.21. The van der Waals surface area contributed by atoms with E-state index in [4.69, 9.17) is 11.6 Å². The van der Waals surface area contributed by atoms with Gasteiger partial charge in [0.05, 0.1) is 12.5 Å². The molecule has 6 nitrogen and oxygen atoms in total. The van der Waals surface area contributed by atoms with Crippen LogP contribution in [0.5, 0.6) is 0 Å². The third-order valence-electron chi connectivity index (χ3n) is 2.32. The molecule has 0 saturated carbocycles. The fourth-order valence-corrected chi connectivity index (χ4v) is 1.79. The van der Waals surface area contributed by atoms with Crippen LogP contribution < -0.4 is 10.5 Å². The highest BCUT2D eigenvalue weighted by molar-refractivity contribution is 6.32. The number of nitrogens with one attached hydrogen (secondary N) is 1. The Bertz CT molecular complexity index is 576. The Balaban J connectivity index is 2.23. The molecule has 2 heterocycles. The van der Waals surface area contributed by atoms with Gasteiger partial charge in [-0.3, -0.25) is 9.48 Å². The molecule has 0 aromatic carbocycles. The maximum atomic E-state index is 11.3. The normalized spacial score (nSPS) is 10.5. The largest absolute Gasteiger partial charge is 0.354 e. The van der Waals surface area contributed by atoms with Gasteiger partial charge < -0.3 is 9.88 Å². The highest BCUT2D eigenvalue weighted by Crippen LogP contribution is 2.18. The summed E-state index contributed by atoms with van der Waals surface area (Å²) in [5.41, 5.74) is 0.683. The fourth-order valence-electron chi connectivity index (χ4n) is 1.54. The maximum Gasteiger partial charge on any atom is 0.271 e. The van der Waals surface area contributed by atoms with Crippen LogP contribution in [0.1, 0.15) is 5.56 Å². The number of aryl methyl sites for hydroxylation is 1. The third-order valence-corrected chi connectivity index (χ3v) is 2.66. The van der Waals surface area contributed by atoms with Gasteiger partial charge in [0, 0.05) is 32.4 Å². The van der Waals surface area contributed by atoms with Crippen LogP contribution in [-0.2, 0) is 13.6 Å². The molecule has 2 rings (SSSR count). The van der Waals surface area contributed by atoms with Crippen LogP contribution in [-0.4, -0.2) is 26.8 Å². The highest BCUT2D eigenvalue weighted by Gasteiger charge is 2.11. The quantitative estimate of drug-likeness (QED) is 0.878. The van der Waals surface area contributed by atoms with Crippen molar-refractivity contribution >= 4 is 17.4 Å². The minimum atomic E-state index is -0.338. The zero-order chi connectivity index (χ0) is 12.4. The number of H-pyrrole nitrogens is 1. The number of aromatic amines is 1. The van der Waals surface area contributed by atoms with Crippen LogP contribution in [0.2, 0.25) is 5.02 Å². The lowest BCUT2D eigenvalue weighted by molar-refractivity contribution is 0.766. The summed E-state index contributed by atoms with van der Waals surface area (Å²) in [6, 6.07) is 0. The van der Waals surface area contributed by atoms with E-state index in [1.807, 2.05) is 20.3 Å². The van der Waals surface area contributed by atoms with Crippen molar-refractivity contribution in [1.82, 2.24) is 19.7 Å². The molecule has 0 amide bonds. The number of halogens is 1. The predicted molar refractivity (Wildman–Crippen MR) is 65.2 cm³/mol. The molecule has 2 aromatic rings. The Morgan fingerprint density at radius 2 is 2.35 bits per heavy atom. The van der Waals surface area contributed by atoms with Gasteiger partial charge >= 0.3 is 0 Å². The Hall–Kier alpha value is -1.82. The summed E-state index contributed by atoms with van der Waals surface area (Å²) in [7, 11) is 3.67. The maximum absolute atomic E-state index is 11.3. The minimum absolute atomic E-state index is 0.0962. The van der Waals surface area contributed by atoms with Crippen molar-refractivity contribution in [1.29, 1.82) is 0 Å². The van der Waals surface area contributed by atoms with E-state index < -0.39 is 0 Å². The lowest BCUT2D eigenvalue weighted by atomic mass is 10.3. The first-order chi connectivity index (χ1) is 8.08. The van der Waals surface area contributed by atoms with Crippen LogP contribution in [0.25, 0.3) is 0 Å². The van der Waals surface area contributed by atoms with Crippen molar-refractivity contribution in [2.45, 2.75) is 6.54 Å². The van der Waals surface area contributed by atoms with E-state index in [0.29, 0.717) is 12.4 Å². The number of aromatic nitrogens is 4. The van der Waals surface area contributed by atoms with E-state index in [0.717, 1.165) is 5.56 Å². The molecule has 17 heavy (non-hydrogen) atoms. The minimum Gasteiger partial charge on any atom is -0.354 e. The van der Waals surface area contributed by atoms with Gasteiger partial charge in [-0.1, -0.05) is 11.6 Å². The van der Waals surface area contributed by atoms with E-state index in [9.17, 15) is 4.79 Å². The second kappa shape index (κ2) is 4.58. The molecule has 0 aliphatic rings. The number of hydrogen-bond donors (Lipinski definition) is 1. The van der Waals surface area contributed by atoms with Crippen LogP contribution in [0.4, 0.5) is 5.82 Å². The molecular weight excluding hydrogens is 242 g/mol. The molecule has 0 aliphatic carbocycles. The predicted octanol–water partition coefficient (Wildman–Crippen LogP) is 0.793. The second-order valence-electron chi connectivity index (χ2n) is 3.75. The topological polar surface area (TPSA) is 66.8 Å². The Morgan fingerprint density at radius 1 is 1.59 bits per heavy atom. The second-order valence-corrected chi connectivity index (χ2v) is 4.13. The number of nitrogens with zero attached hydrogens (tertiary/aromatic N) is 4. The van der Waals surface area contributed by atoms with Gasteiger partial charge in [0.1, 0.15) is 5.02 Å². The molecule has 0 aliphatic heterocycles. The summed E-state index contributed by atoms with van der Waals surface area (Å²) < 4.78 is 1.72. The molecule has 0 radical (unpaired) electrons. The van der Waals surface area contributed by atoms with Crippen LogP contribution >= 0.6 is 11.6 Å². The molecule has 2 aromatic heterocycles. The van der Waals surface area contributed by atoms with E-state index in [-0.39, 0.29) is 10.6 Å². The molecular formula is C10H12ClN5O.